The van der Waals surface area contributed by atoms with Gasteiger partial charge in [0.25, 0.3) is 11.6 Å². The average molecular weight is 433 g/mol. The van der Waals surface area contributed by atoms with Gasteiger partial charge >= 0.3 is 0 Å². The van der Waals surface area contributed by atoms with Gasteiger partial charge in [0.15, 0.2) is 9.84 Å². The van der Waals surface area contributed by atoms with E-state index in [-0.39, 0.29) is 28.6 Å². The number of rotatable bonds is 4. The summed E-state index contributed by atoms with van der Waals surface area (Å²) in [6, 6.07) is 11.8. The second-order valence-corrected chi connectivity index (χ2v) is 8.96. The molecular weight excluding hydrogens is 420 g/mol. The van der Waals surface area contributed by atoms with Crippen LogP contribution >= 0.6 is 11.6 Å². The van der Waals surface area contributed by atoms with E-state index in [1.165, 1.54) is 28.9 Å². The predicted molar refractivity (Wildman–Crippen MR) is 106 cm³/mol. The lowest BCUT2D eigenvalue weighted by Gasteiger charge is -2.11. The Labute approximate surface area is 170 Å². The number of benzene rings is 2. The molecular formula is C18H13ClN4O5S. The molecule has 3 aromatic rings. The van der Waals surface area contributed by atoms with Gasteiger partial charge in [-0.25, -0.2) is 13.1 Å². The molecule has 2 aromatic carbocycles. The summed E-state index contributed by atoms with van der Waals surface area (Å²) >= 11 is 6.05. The number of fused-ring (bicyclic) bond motifs is 1. The number of non-ortho nitro benzene ring substituents is 1. The number of hydrogen-bond donors (Lipinski definition) is 1. The SMILES string of the molecule is O=C(Nc1c2c(nn1-c1cccc(Cl)c1)CS(=O)(=O)C2)c1ccc([N+](=O)[O-])cc1. The van der Waals surface area contributed by atoms with Gasteiger partial charge in [-0.2, -0.15) is 5.10 Å². The van der Waals surface area contributed by atoms with Crippen LogP contribution in [0.4, 0.5) is 11.5 Å². The Bertz CT molecular complexity index is 1250. The van der Waals surface area contributed by atoms with Gasteiger partial charge in [0.2, 0.25) is 0 Å². The van der Waals surface area contributed by atoms with Crippen LogP contribution in [-0.2, 0) is 21.3 Å². The Morgan fingerprint density at radius 2 is 1.90 bits per heavy atom. The third-order valence-electron chi connectivity index (χ3n) is 4.41. The molecule has 0 fully saturated rings. The summed E-state index contributed by atoms with van der Waals surface area (Å²) in [6.07, 6.45) is 0. The molecule has 2 heterocycles. The minimum atomic E-state index is -3.34. The Balaban J connectivity index is 1.74. The van der Waals surface area contributed by atoms with Crippen molar-refractivity contribution in [1.82, 2.24) is 9.78 Å². The summed E-state index contributed by atoms with van der Waals surface area (Å²) in [6.45, 7) is 0. The number of nitro benzene ring substituents is 1. The molecule has 0 spiro atoms. The van der Waals surface area contributed by atoms with E-state index >= 15 is 0 Å². The number of anilines is 1. The maximum absolute atomic E-state index is 12.7. The minimum absolute atomic E-state index is 0.141. The smallest absolute Gasteiger partial charge is 0.269 e. The Hall–Kier alpha value is -3.24. The fourth-order valence-corrected chi connectivity index (χ4v) is 4.76. The van der Waals surface area contributed by atoms with Crippen LogP contribution in [0, 0.1) is 10.1 Å². The van der Waals surface area contributed by atoms with E-state index in [2.05, 4.69) is 10.4 Å². The first-order valence-corrected chi connectivity index (χ1v) is 10.6. The predicted octanol–water partition coefficient (Wildman–Crippen LogP) is 3.11. The van der Waals surface area contributed by atoms with Gasteiger partial charge in [-0.05, 0) is 30.3 Å². The molecule has 1 aromatic heterocycles. The Kier molecular flexibility index (Phi) is 4.59. The van der Waals surface area contributed by atoms with Crippen molar-refractivity contribution in [3.63, 3.8) is 0 Å². The molecule has 9 nitrogen and oxygen atoms in total. The second kappa shape index (κ2) is 6.98. The van der Waals surface area contributed by atoms with E-state index in [1.807, 2.05) is 0 Å². The monoisotopic (exact) mass is 432 g/mol. The first kappa shape index (κ1) is 19.1. The molecule has 148 valence electrons. The highest BCUT2D eigenvalue weighted by Gasteiger charge is 2.33. The number of aromatic nitrogens is 2. The number of carbonyl (C=O) groups excluding carboxylic acids is 1. The minimum Gasteiger partial charge on any atom is -0.306 e. The first-order chi connectivity index (χ1) is 13.7. The highest BCUT2D eigenvalue weighted by Crippen LogP contribution is 2.33. The summed E-state index contributed by atoms with van der Waals surface area (Å²) in [5, 5.41) is 18.3. The summed E-state index contributed by atoms with van der Waals surface area (Å²) in [5.74, 6) is -0.767. The second-order valence-electron chi connectivity index (χ2n) is 6.46. The van der Waals surface area contributed by atoms with Crippen molar-refractivity contribution in [3.05, 3.63) is 80.5 Å². The van der Waals surface area contributed by atoms with Gasteiger partial charge < -0.3 is 5.32 Å². The maximum Gasteiger partial charge on any atom is 0.269 e. The van der Waals surface area contributed by atoms with Crippen LogP contribution in [0.25, 0.3) is 5.69 Å². The quantitative estimate of drug-likeness (QED) is 0.499. The van der Waals surface area contributed by atoms with Gasteiger partial charge in [-0.1, -0.05) is 17.7 Å². The van der Waals surface area contributed by atoms with Gasteiger partial charge in [0.05, 0.1) is 27.8 Å². The fraction of sp³-hybridized carbons (Fsp3) is 0.111. The van der Waals surface area contributed by atoms with Crippen LogP contribution in [-0.4, -0.2) is 29.0 Å². The third-order valence-corrected chi connectivity index (χ3v) is 6.09. The van der Waals surface area contributed by atoms with Gasteiger partial charge in [-0.15, -0.1) is 0 Å². The van der Waals surface area contributed by atoms with Crippen LogP contribution in [0.2, 0.25) is 5.02 Å². The maximum atomic E-state index is 12.7. The van der Waals surface area contributed by atoms with Crippen LogP contribution in [0.3, 0.4) is 0 Å². The van der Waals surface area contributed by atoms with Crippen molar-refractivity contribution < 1.29 is 18.1 Å². The van der Waals surface area contributed by atoms with Crippen molar-refractivity contribution in [2.45, 2.75) is 11.5 Å². The lowest BCUT2D eigenvalue weighted by molar-refractivity contribution is -0.384. The van der Waals surface area contributed by atoms with Crippen LogP contribution < -0.4 is 5.32 Å². The number of halogens is 1. The summed E-state index contributed by atoms with van der Waals surface area (Å²) in [4.78, 5) is 22.9. The summed E-state index contributed by atoms with van der Waals surface area (Å²) in [5.41, 5.74) is 1.38. The molecule has 0 atom stereocenters. The third kappa shape index (κ3) is 3.71. The number of amides is 1. The Morgan fingerprint density at radius 1 is 1.17 bits per heavy atom. The summed E-state index contributed by atoms with van der Waals surface area (Å²) in [7, 11) is -3.34. The molecule has 0 bridgehead atoms. The lowest BCUT2D eigenvalue weighted by atomic mass is 10.2. The molecule has 11 heteroatoms. The Morgan fingerprint density at radius 3 is 2.55 bits per heavy atom. The number of carbonyl (C=O) groups is 1. The average Bonchev–Trinajstić information content (AvgIpc) is 3.14. The standard InChI is InChI=1S/C18H13ClN4O5S/c19-12-2-1-3-14(8-12)22-17(15-9-29(27,28)10-16(15)21-22)20-18(24)11-4-6-13(7-5-11)23(25)26/h1-8H,9-10H2,(H,20,24). The van der Waals surface area contributed by atoms with Crippen molar-refractivity contribution in [2.75, 3.05) is 5.32 Å². The number of nitrogens with zero attached hydrogens (tertiary/aromatic N) is 3. The molecule has 0 radical (unpaired) electrons. The van der Waals surface area contributed by atoms with E-state index in [0.29, 0.717) is 22.0 Å². The summed E-state index contributed by atoms with van der Waals surface area (Å²) < 4.78 is 25.5. The van der Waals surface area contributed by atoms with Gasteiger partial charge in [0, 0.05) is 28.3 Å². The van der Waals surface area contributed by atoms with E-state index in [9.17, 15) is 23.3 Å². The zero-order chi connectivity index (χ0) is 20.8. The topological polar surface area (TPSA) is 124 Å². The van der Waals surface area contributed by atoms with E-state index < -0.39 is 20.7 Å². The molecule has 0 saturated heterocycles. The number of hydrogen-bond acceptors (Lipinski definition) is 6. The first-order valence-electron chi connectivity index (χ1n) is 8.36. The van der Waals surface area contributed by atoms with Crippen molar-refractivity contribution >= 4 is 38.9 Å². The van der Waals surface area contributed by atoms with Crippen LogP contribution in [0.15, 0.2) is 48.5 Å². The zero-order valence-corrected chi connectivity index (χ0v) is 16.3. The number of sulfone groups is 1. The number of nitrogens with one attached hydrogen (secondary N) is 1. The normalized spacial score (nSPS) is 14.4. The zero-order valence-electron chi connectivity index (χ0n) is 14.7. The van der Waals surface area contributed by atoms with Crippen molar-refractivity contribution in [2.24, 2.45) is 0 Å². The highest BCUT2D eigenvalue weighted by atomic mass is 35.5. The van der Waals surface area contributed by atoms with E-state index in [4.69, 9.17) is 11.6 Å². The fourth-order valence-electron chi connectivity index (χ4n) is 3.08. The molecule has 1 aliphatic heterocycles. The molecule has 0 aliphatic carbocycles. The lowest BCUT2D eigenvalue weighted by Crippen LogP contribution is -2.17. The van der Waals surface area contributed by atoms with E-state index in [1.54, 1.807) is 24.3 Å². The molecule has 0 unspecified atom stereocenters. The van der Waals surface area contributed by atoms with Gasteiger partial charge in [0.1, 0.15) is 5.82 Å². The highest BCUT2D eigenvalue weighted by molar-refractivity contribution is 7.90. The molecule has 1 amide bonds. The number of nitro groups is 1. The van der Waals surface area contributed by atoms with E-state index in [0.717, 1.165) is 0 Å². The van der Waals surface area contributed by atoms with Crippen LogP contribution in [0.5, 0.6) is 0 Å². The van der Waals surface area contributed by atoms with Crippen molar-refractivity contribution in [1.29, 1.82) is 0 Å². The molecule has 1 N–H and O–H groups in total. The van der Waals surface area contributed by atoms with Crippen LogP contribution in [0.1, 0.15) is 21.6 Å². The molecule has 4 rings (SSSR count). The molecule has 1 aliphatic rings. The van der Waals surface area contributed by atoms with Crippen molar-refractivity contribution in [3.8, 4) is 5.69 Å². The van der Waals surface area contributed by atoms with Gasteiger partial charge in [-0.3, -0.25) is 14.9 Å². The largest absolute Gasteiger partial charge is 0.306 e. The molecule has 0 saturated carbocycles. The molecule has 29 heavy (non-hydrogen) atoms.